The molecule has 0 aliphatic rings. The summed E-state index contributed by atoms with van der Waals surface area (Å²) in [5.41, 5.74) is 5.42. The van der Waals surface area contributed by atoms with E-state index >= 15 is 0 Å². The molecule has 0 aliphatic heterocycles. The van der Waals surface area contributed by atoms with Crippen LogP contribution in [0.15, 0.2) is 0 Å². The maximum absolute atomic E-state index is 11.7. The molecule has 0 spiro atoms. The van der Waals surface area contributed by atoms with Gasteiger partial charge in [-0.05, 0) is 39.4 Å². The quantitative estimate of drug-likeness (QED) is 0.584. The van der Waals surface area contributed by atoms with Crippen molar-refractivity contribution in [3.63, 3.8) is 0 Å². The Morgan fingerprint density at radius 1 is 1.17 bits per heavy atom. The summed E-state index contributed by atoms with van der Waals surface area (Å²) in [5, 5.41) is 3.03. The molecule has 1 atom stereocenters. The molecule has 0 fully saturated rings. The number of nitrogens with zero attached hydrogens (tertiary/aromatic N) is 1. The van der Waals surface area contributed by atoms with Crippen LogP contribution in [-0.4, -0.2) is 44.0 Å². The number of unbranched alkanes of at least 4 members (excludes halogenated alkanes) is 3. The van der Waals surface area contributed by atoms with Crippen LogP contribution in [0.2, 0.25) is 0 Å². The average molecular weight is 257 g/mol. The molecule has 0 heterocycles. The molecular weight excluding hydrogens is 226 g/mol. The number of amides is 1. The van der Waals surface area contributed by atoms with Crippen LogP contribution < -0.4 is 11.1 Å². The van der Waals surface area contributed by atoms with Crippen LogP contribution in [0.4, 0.5) is 0 Å². The van der Waals surface area contributed by atoms with Gasteiger partial charge in [-0.25, -0.2) is 0 Å². The number of hydrogen-bond acceptors (Lipinski definition) is 3. The second-order valence-corrected chi connectivity index (χ2v) is 5.53. The minimum absolute atomic E-state index is 0.176. The Morgan fingerprint density at radius 3 is 2.28 bits per heavy atom. The van der Waals surface area contributed by atoms with Gasteiger partial charge < -0.3 is 16.0 Å². The molecule has 0 saturated carbocycles. The maximum atomic E-state index is 11.7. The summed E-state index contributed by atoms with van der Waals surface area (Å²) in [6.07, 6.45) is 4.92. The van der Waals surface area contributed by atoms with E-state index in [2.05, 4.69) is 38.2 Å². The molecule has 0 aromatic carbocycles. The smallest absolute Gasteiger partial charge is 0.220 e. The Balaban J connectivity index is 3.68. The topological polar surface area (TPSA) is 58.4 Å². The van der Waals surface area contributed by atoms with Crippen molar-refractivity contribution >= 4 is 5.91 Å². The second-order valence-electron chi connectivity index (χ2n) is 5.53. The number of carbonyl (C=O) groups excluding carboxylic acids is 1. The van der Waals surface area contributed by atoms with Crippen LogP contribution in [0.3, 0.4) is 0 Å². The highest BCUT2D eigenvalue weighted by Gasteiger charge is 2.16. The van der Waals surface area contributed by atoms with Crippen LogP contribution in [0.1, 0.15) is 46.0 Å². The van der Waals surface area contributed by atoms with Gasteiger partial charge in [0.15, 0.2) is 0 Å². The highest BCUT2D eigenvalue weighted by atomic mass is 16.1. The molecule has 108 valence electrons. The van der Waals surface area contributed by atoms with E-state index in [9.17, 15) is 4.79 Å². The first-order valence-electron chi connectivity index (χ1n) is 7.12. The molecule has 0 aliphatic carbocycles. The average Bonchev–Trinajstić information content (AvgIpc) is 2.28. The minimum Gasteiger partial charge on any atom is -0.355 e. The van der Waals surface area contributed by atoms with Gasteiger partial charge in [-0.2, -0.15) is 0 Å². The van der Waals surface area contributed by atoms with Crippen molar-refractivity contribution in [2.75, 3.05) is 27.2 Å². The largest absolute Gasteiger partial charge is 0.355 e. The van der Waals surface area contributed by atoms with E-state index in [1.165, 1.54) is 0 Å². The van der Waals surface area contributed by atoms with Crippen LogP contribution in [0, 0.1) is 5.92 Å². The van der Waals surface area contributed by atoms with Crippen molar-refractivity contribution in [2.45, 2.75) is 52.0 Å². The molecule has 0 aromatic rings. The molecular formula is C14H31N3O. The standard InChI is InChI=1S/C14H31N3O/c1-12(2)13(17(3)4)11-16-14(18)9-7-5-6-8-10-15/h12-13H,5-11,15H2,1-4H3,(H,16,18). The lowest BCUT2D eigenvalue weighted by atomic mass is 10.0. The van der Waals surface area contributed by atoms with Crippen LogP contribution in [0.5, 0.6) is 0 Å². The lowest BCUT2D eigenvalue weighted by molar-refractivity contribution is -0.121. The van der Waals surface area contributed by atoms with E-state index in [1.54, 1.807) is 0 Å². The zero-order chi connectivity index (χ0) is 14.0. The summed E-state index contributed by atoms with van der Waals surface area (Å²) in [6, 6.07) is 0.409. The molecule has 1 unspecified atom stereocenters. The fourth-order valence-corrected chi connectivity index (χ4v) is 2.10. The Morgan fingerprint density at radius 2 is 1.78 bits per heavy atom. The zero-order valence-corrected chi connectivity index (χ0v) is 12.5. The van der Waals surface area contributed by atoms with Crippen LogP contribution in [0.25, 0.3) is 0 Å². The SMILES string of the molecule is CC(C)C(CNC(=O)CCCCCCN)N(C)C. The first-order valence-corrected chi connectivity index (χ1v) is 7.12. The van der Waals surface area contributed by atoms with Crippen molar-refractivity contribution in [3.05, 3.63) is 0 Å². The molecule has 3 N–H and O–H groups in total. The summed E-state index contributed by atoms with van der Waals surface area (Å²) in [7, 11) is 4.12. The highest BCUT2D eigenvalue weighted by Crippen LogP contribution is 2.06. The van der Waals surface area contributed by atoms with Crippen molar-refractivity contribution in [3.8, 4) is 0 Å². The van der Waals surface area contributed by atoms with Gasteiger partial charge in [-0.3, -0.25) is 4.79 Å². The third kappa shape index (κ3) is 8.48. The monoisotopic (exact) mass is 257 g/mol. The van der Waals surface area contributed by atoms with Crippen molar-refractivity contribution in [1.29, 1.82) is 0 Å². The van der Waals surface area contributed by atoms with Gasteiger partial charge in [0.1, 0.15) is 0 Å². The van der Waals surface area contributed by atoms with E-state index in [4.69, 9.17) is 5.73 Å². The number of nitrogens with two attached hydrogens (primary N) is 1. The molecule has 18 heavy (non-hydrogen) atoms. The van der Waals surface area contributed by atoms with E-state index < -0.39 is 0 Å². The van der Waals surface area contributed by atoms with E-state index in [0.717, 1.165) is 38.8 Å². The highest BCUT2D eigenvalue weighted by molar-refractivity contribution is 5.75. The number of carbonyl (C=O) groups is 1. The van der Waals surface area contributed by atoms with Crippen LogP contribution >= 0.6 is 0 Å². The van der Waals surface area contributed by atoms with Gasteiger partial charge >= 0.3 is 0 Å². The van der Waals surface area contributed by atoms with Gasteiger partial charge in [-0.15, -0.1) is 0 Å². The minimum atomic E-state index is 0.176. The van der Waals surface area contributed by atoms with Gasteiger partial charge in [0.05, 0.1) is 0 Å². The van der Waals surface area contributed by atoms with Gasteiger partial charge in [0, 0.05) is 19.0 Å². The maximum Gasteiger partial charge on any atom is 0.220 e. The molecule has 0 radical (unpaired) electrons. The van der Waals surface area contributed by atoms with Crippen molar-refractivity contribution in [1.82, 2.24) is 10.2 Å². The van der Waals surface area contributed by atoms with E-state index in [1.807, 2.05) is 0 Å². The van der Waals surface area contributed by atoms with Crippen molar-refractivity contribution < 1.29 is 4.79 Å². The van der Waals surface area contributed by atoms with E-state index in [-0.39, 0.29) is 5.91 Å². The summed E-state index contributed by atoms with van der Waals surface area (Å²) in [4.78, 5) is 13.8. The third-order valence-corrected chi connectivity index (χ3v) is 3.30. The molecule has 4 nitrogen and oxygen atoms in total. The lowest BCUT2D eigenvalue weighted by Gasteiger charge is -2.28. The Labute approximate surface area is 112 Å². The predicted octanol–water partition coefficient (Wildman–Crippen LogP) is 1.60. The molecule has 0 rings (SSSR count). The summed E-state index contributed by atoms with van der Waals surface area (Å²) in [6.45, 7) is 5.87. The predicted molar refractivity (Wildman–Crippen MR) is 77.5 cm³/mol. The molecule has 1 amide bonds. The van der Waals surface area contributed by atoms with E-state index in [0.29, 0.717) is 18.4 Å². The number of rotatable bonds is 10. The molecule has 0 saturated heterocycles. The number of likely N-dealkylation sites (N-methyl/N-ethyl adjacent to an activating group) is 1. The second kappa shape index (κ2) is 10.3. The molecule has 0 bridgehead atoms. The lowest BCUT2D eigenvalue weighted by Crippen LogP contribution is -2.43. The summed E-state index contributed by atoms with van der Waals surface area (Å²) < 4.78 is 0. The van der Waals surface area contributed by atoms with Gasteiger partial charge in [0.2, 0.25) is 5.91 Å². The molecule has 4 heteroatoms. The fraction of sp³-hybridized carbons (Fsp3) is 0.929. The van der Waals surface area contributed by atoms with Gasteiger partial charge in [0.25, 0.3) is 0 Å². The first-order chi connectivity index (χ1) is 8.49. The van der Waals surface area contributed by atoms with Crippen molar-refractivity contribution in [2.24, 2.45) is 11.7 Å². The first kappa shape index (κ1) is 17.4. The van der Waals surface area contributed by atoms with Gasteiger partial charge in [-0.1, -0.05) is 26.7 Å². The summed E-state index contributed by atoms with van der Waals surface area (Å²) in [5.74, 6) is 0.722. The normalized spacial score (nSPS) is 13.1. The zero-order valence-electron chi connectivity index (χ0n) is 12.5. The fourth-order valence-electron chi connectivity index (χ4n) is 2.10. The number of hydrogen-bond donors (Lipinski definition) is 2. The Bertz CT molecular complexity index is 209. The summed E-state index contributed by atoms with van der Waals surface area (Å²) >= 11 is 0. The Kier molecular flexibility index (Phi) is 9.98. The Hall–Kier alpha value is -0.610. The van der Waals surface area contributed by atoms with Crippen LogP contribution in [-0.2, 0) is 4.79 Å². The third-order valence-electron chi connectivity index (χ3n) is 3.30. The molecule has 0 aromatic heterocycles. The number of nitrogens with one attached hydrogen (secondary N) is 1.